The first kappa shape index (κ1) is 10.5. The molecule has 0 spiro atoms. The second-order valence-electron chi connectivity index (χ2n) is 3.35. The minimum absolute atomic E-state index is 0.124. The van der Waals surface area contributed by atoms with Crippen molar-refractivity contribution in [1.82, 2.24) is 0 Å². The number of fused-ring (bicyclic) bond motifs is 1. The molecular formula is C11H11NO4. The average molecular weight is 221 g/mol. The predicted molar refractivity (Wildman–Crippen MR) is 56.5 cm³/mol. The van der Waals surface area contributed by atoms with Crippen LogP contribution in [0.1, 0.15) is 16.8 Å². The summed E-state index contributed by atoms with van der Waals surface area (Å²) in [5.74, 6) is 0.000523. The first-order valence-electron chi connectivity index (χ1n) is 4.86. The normalized spacial score (nSPS) is 14.2. The van der Waals surface area contributed by atoms with E-state index in [9.17, 15) is 9.59 Å². The van der Waals surface area contributed by atoms with Gasteiger partial charge in [-0.1, -0.05) is 0 Å². The fraction of sp³-hybridized carbons (Fsp3) is 0.273. The van der Waals surface area contributed by atoms with E-state index in [0.717, 1.165) is 0 Å². The second-order valence-corrected chi connectivity index (χ2v) is 3.35. The average Bonchev–Trinajstić information content (AvgIpc) is 2.47. The Bertz CT molecular complexity index is 442. The quantitative estimate of drug-likeness (QED) is 0.723. The molecular weight excluding hydrogens is 210 g/mol. The number of hydrogen-bond acceptors (Lipinski definition) is 4. The van der Waals surface area contributed by atoms with Crippen molar-refractivity contribution in [1.29, 1.82) is 0 Å². The zero-order valence-electron chi connectivity index (χ0n) is 8.78. The molecule has 0 aromatic heterocycles. The zero-order valence-corrected chi connectivity index (χ0v) is 8.78. The van der Waals surface area contributed by atoms with Crippen LogP contribution in [-0.4, -0.2) is 25.6 Å². The van der Waals surface area contributed by atoms with E-state index in [4.69, 9.17) is 4.74 Å². The van der Waals surface area contributed by atoms with E-state index in [1.807, 2.05) is 0 Å². The molecule has 0 fully saturated rings. The van der Waals surface area contributed by atoms with Gasteiger partial charge in [-0.05, 0) is 18.2 Å². The summed E-state index contributed by atoms with van der Waals surface area (Å²) in [5.41, 5.74) is 0.887. The number of anilines is 1. The Hall–Kier alpha value is -2.04. The Morgan fingerprint density at radius 3 is 3.06 bits per heavy atom. The van der Waals surface area contributed by atoms with Gasteiger partial charge in [0.25, 0.3) is 0 Å². The van der Waals surface area contributed by atoms with E-state index < -0.39 is 5.97 Å². The van der Waals surface area contributed by atoms with E-state index in [1.165, 1.54) is 7.11 Å². The molecule has 1 aromatic rings. The van der Waals surface area contributed by atoms with Crippen molar-refractivity contribution >= 4 is 17.6 Å². The van der Waals surface area contributed by atoms with E-state index in [-0.39, 0.29) is 5.91 Å². The molecule has 5 nitrogen and oxygen atoms in total. The van der Waals surface area contributed by atoms with Crippen LogP contribution < -0.4 is 10.1 Å². The van der Waals surface area contributed by atoms with Crippen LogP contribution in [0, 0.1) is 0 Å². The first-order valence-corrected chi connectivity index (χ1v) is 4.86. The van der Waals surface area contributed by atoms with Gasteiger partial charge >= 0.3 is 5.97 Å². The van der Waals surface area contributed by atoms with Gasteiger partial charge in [-0.2, -0.15) is 0 Å². The molecule has 0 atom stereocenters. The molecule has 5 heteroatoms. The van der Waals surface area contributed by atoms with E-state index >= 15 is 0 Å². The number of nitrogens with one attached hydrogen (secondary N) is 1. The topological polar surface area (TPSA) is 64.6 Å². The Balaban J connectivity index is 2.36. The molecule has 1 heterocycles. The fourth-order valence-corrected chi connectivity index (χ4v) is 1.46. The third-order valence-corrected chi connectivity index (χ3v) is 2.26. The first-order chi connectivity index (χ1) is 7.70. The molecule has 84 valence electrons. The highest BCUT2D eigenvalue weighted by Gasteiger charge is 2.16. The molecule has 0 unspecified atom stereocenters. The van der Waals surface area contributed by atoms with Crippen LogP contribution in [0.5, 0.6) is 5.75 Å². The smallest absolute Gasteiger partial charge is 0.337 e. The standard InChI is InChI=1S/C11H11NO4/c1-15-11(14)7-2-3-9-8(6-7)12-10(13)4-5-16-9/h2-3,6H,4-5H2,1H3,(H,12,13). The summed E-state index contributed by atoms with van der Waals surface area (Å²) in [5, 5.41) is 2.67. The third kappa shape index (κ3) is 1.98. The van der Waals surface area contributed by atoms with E-state index in [2.05, 4.69) is 10.1 Å². The van der Waals surface area contributed by atoms with Gasteiger partial charge in [-0.3, -0.25) is 4.79 Å². The number of carbonyl (C=O) groups is 2. The molecule has 1 aromatic carbocycles. The van der Waals surface area contributed by atoms with Crippen molar-refractivity contribution in [3.63, 3.8) is 0 Å². The molecule has 1 N–H and O–H groups in total. The molecule has 0 bridgehead atoms. The summed E-state index contributed by atoms with van der Waals surface area (Å²) in [4.78, 5) is 22.6. The lowest BCUT2D eigenvalue weighted by Gasteiger charge is -2.08. The largest absolute Gasteiger partial charge is 0.491 e. The number of ether oxygens (including phenoxy) is 2. The maximum Gasteiger partial charge on any atom is 0.337 e. The van der Waals surface area contributed by atoms with Crippen molar-refractivity contribution < 1.29 is 19.1 Å². The number of methoxy groups -OCH3 is 1. The van der Waals surface area contributed by atoms with Gasteiger partial charge in [-0.25, -0.2) is 4.79 Å². The fourth-order valence-electron chi connectivity index (χ4n) is 1.46. The second kappa shape index (κ2) is 4.22. The Labute approximate surface area is 92.4 Å². The molecule has 0 radical (unpaired) electrons. The van der Waals surface area contributed by atoms with Crippen molar-refractivity contribution in [2.24, 2.45) is 0 Å². The summed E-state index contributed by atoms with van der Waals surface area (Å²) in [6.45, 7) is 0.344. The summed E-state index contributed by atoms with van der Waals surface area (Å²) < 4.78 is 9.94. The lowest BCUT2D eigenvalue weighted by Crippen LogP contribution is -2.11. The number of esters is 1. The third-order valence-electron chi connectivity index (χ3n) is 2.26. The van der Waals surface area contributed by atoms with Crippen LogP contribution >= 0.6 is 0 Å². The van der Waals surface area contributed by atoms with Gasteiger partial charge in [0, 0.05) is 0 Å². The lowest BCUT2D eigenvalue weighted by atomic mass is 10.2. The number of carbonyl (C=O) groups excluding carboxylic acids is 2. The molecule has 0 aliphatic carbocycles. The van der Waals surface area contributed by atoms with Crippen LogP contribution in [0.15, 0.2) is 18.2 Å². The zero-order chi connectivity index (χ0) is 11.5. The SMILES string of the molecule is COC(=O)c1ccc2c(c1)NC(=O)CCO2. The Kier molecular flexibility index (Phi) is 2.76. The lowest BCUT2D eigenvalue weighted by molar-refractivity contribution is -0.116. The summed E-state index contributed by atoms with van der Waals surface area (Å²) in [6, 6.07) is 4.79. The predicted octanol–water partition coefficient (Wildman–Crippen LogP) is 1.19. The van der Waals surface area contributed by atoms with Crippen LogP contribution in [0.3, 0.4) is 0 Å². The highest BCUT2D eigenvalue weighted by molar-refractivity contribution is 5.96. The van der Waals surface area contributed by atoms with E-state index in [0.29, 0.717) is 30.0 Å². The summed E-state index contributed by atoms with van der Waals surface area (Å²) in [7, 11) is 1.31. The van der Waals surface area contributed by atoms with Gasteiger partial charge in [0.15, 0.2) is 0 Å². The minimum Gasteiger partial charge on any atom is -0.491 e. The van der Waals surface area contributed by atoms with Gasteiger partial charge in [-0.15, -0.1) is 0 Å². The Morgan fingerprint density at radius 1 is 1.50 bits per heavy atom. The molecule has 16 heavy (non-hydrogen) atoms. The number of benzene rings is 1. The molecule has 1 amide bonds. The maximum atomic E-state index is 11.3. The van der Waals surface area contributed by atoms with Crippen molar-refractivity contribution in [2.75, 3.05) is 19.0 Å². The monoisotopic (exact) mass is 221 g/mol. The summed E-state index contributed by atoms with van der Waals surface area (Å²) >= 11 is 0. The Morgan fingerprint density at radius 2 is 2.31 bits per heavy atom. The molecule has 0 saturated heterocycles. The summed E-state index contributed by atoms with van der Waals surface area (Å²) in [6.07, 6.45) is 0.308. The van der Waals surface area contributed by atoms with Crippen LogP contribution in [0.4, 0.5) is 5.69 Å². The van der Waals surface area contributed by atoms with Crippen molar-refractivity contribution in [3.8, 4) is 5.75 Å². The number of hydrogen-bond donors (Lipinski definition) is 1. The molecule has 2 rings (SSSR count). The molecule has 0 saturated carbocycles. The molecule has 1 aliphatic rings. The minimum atomic E-state index is -0.443. The van der Waals surface area contributed by atoms with Gasteiger partial charge in [0.1, 0.15) is 5.75 Å². The molecule has 1 aliphatic heterocycles. The van der Waals surface area contributed by atoms with Crippen LogP contribution in [0.2, 0.25) is 0 Å². The number of amides is 1. The van der Waals surface area contributed by atoms with Crippen molar-refractivity contribution in [2.45, 2.75) is 6.42 Å². The van der Waals surface area contributed by atoms with Crippen molar-refractivity contribution in [3.05, 3.63) is 23.8 Å². The highest BCUT2D eigenvalue weighted by Crippen LogP contribution is 2.28. The van der Waals surface area contributed by atoms with Gasteiger partial charge in [0.05, 0.1) is 31.4 Å². The van der Waals surface area contributed by atoms with Crippen LogP contribution in [-0.2, 0) is 9.53 Å². The van der Waals surface area contributed by atoms with Crippen LogP contribution in [0.25, 0.3) is 0 Å². The van der Waals surface area contributed by atoms with Gasteiger partial charge in [0.2, 0.25) is 5.91 Å². The van der Waals surface area contributed by atoms with E-state index in [1.54, 1.807) is 18.2 Å². The maximum absolute atomic E-state index is 11.3. The van der Waals surface area contributed by atoms with Gasteiger partial charge < -0.3 is 14.8 Å². The highest BCUT2D eigenvalue weighted by atomic mass is 16.5. The number of rotatable bonds is 1.